The summed E-state index contributed by atoms with van der Waals surface area (Å²) in [5.74, 6) is -1.60. The van der Waals surface area contributed by atoms with Gasteiger partial charge in [0.25, 0.3) is 0 Å². The number of esters is 1. The normalized spacial score (nSPS) is 26.0. The summed E-state index contributed by atoms with van der Waals surface area (Å²) in [6.45, 7) is 6.77. The Morgan fingerprint density at radius 1 is 1.37 bits per heavy atom. The Bertz CT molecular complexity index is 718. The average Bonchev–Trinajstić information content (AvgIpc) is 2.95. The molecule has 1 N–H and O–H groups in total. The lowest BCUT2D eigenvalue weighted by atomic mass is 9.72. The topological polar surface area (TPSA) is 94.4 Å². The summed E-state index contributed by atoms with van der Waals surface area (Å²) in [6, 6.07) is -1.45. The van der Waals surface area contributed by atoms with Gasteiger partial charge in [0.2, 0.25) is 6.04 Å². The van der Waals surface area contributed by atoms with E-state index in [0.717, 1.165) is 12.3 Å². The fourth-order valence-electron chi connectivity index (χ4n) is 3.69. The second kappa shape index (κ2) is 7.41. The van der Waals surface area contributed by atoms with Crippen LogP contribution in [-0.4, -0.2) is 34.6 Å². The number of halogens is 3. The molecule has 27 heavy (non-hydrogen) atoms. The van der Waals surface area contributed by atoms with Crippen molar-refractivity contribution >= 4 is 5.97 Å². The molecule has 1 aromatic heterocycles. The SMILES string of the molecule is CCOC(=O)[C@H]1N[C@@H](c2cccnc2C(F)(F)F)[C@@H]([N+](=O)[O-])[C@@H]1C(C)(C)C. The number of carbonyl (C=O) groups excluding carboxylic acids is 1. The summed E-state index contributed by atoms with van der Waals surface area (Å²) >= 11 is 0. The van der Waals surface area contributed by atoms with E-state index in [1.807, 2.05) is 0 Å². The molecule has 150 valence electrons. The van der Waals surface area contributed by atoms with Gasteiger partial charge in [-0.25, -0.2) is 0 Å². The molecule has 4 atom stereocenters. The number of ether oxygens (including phenoxy) is 1. The summed E-state index contributed by atoms with van der Waals surface area (Å²) < 4.78 is 45.2. The fraction of sp³-hybridized carbons (Fsp3) is 0.647. The van der Waals surface area contributed by atoms with Crippen molar-refractivity contribution in [2.24, 2.45) is 11.3 Å². The number of rotatable bonds is 4. The molecule has 1 aliphatic rings. The molecule has 0 bridgehead atoms. The zero-order valence-electron chi connectivity index (χ0n) is 15.4. The van der Waals surface area contributed by atoms with E-state index in [9.17, 15) is 28.1 Å². The van der Waals surface area contributed by atoms with Gasteiger partial charge in [-0.05, 0) is 18.4 Å². The molecule has 1 fully saturated rings. The molecule has 2 rings (SSSR count). The molecule has 1 saturated heterocycles. The van der Waals surface area contributed by atoms with Crippen molar-refractivity contribution in [2.45, 2.75) is 52.0 Å². The first-order valence-corrected chi connectivity index (χ1v) is 8.47. The molecular formula is C17H22F3N3O4. The minimum atomic E-state index is -4.78. The van der Waals surface area contributed by atoms with Crippen molar-refractivity contribution in [1.82, 2.24) is 10.3 Å². The van der Waals surface area contributed by atoms with Crippen LogP contribution in [0.5, 0.6) is 0 Å². The summed E-state index contributed by atoms with van der Waals surface area (Å²) in [6.07, 6.45) is -3.80. The molecule has 0 aliphatic carbocycles. The van der Waals surface area contributed by atoms with Crippen molar-refractivity contribution in [3.63, 3.8) is 0 Å². The van der Waals surface area contributed by atoms with Gasteiger partial charge in [0, 0.05) is 16.7 Å². The quantitative estimate of drug-likeness (QED) is 0.483. The second-order valence-electron chi connectivity index (χ2n) is 7.48. The first-order valence-electron chi connectivity index (χ1n) is 8.47. The summed E-state index contributed by atoms with van der Waals surface area (Å²) in [5.41, 5.74) is -2.29. The highest BCUT2D eigenvalue weighted by Crippen LogP contribution is 2.45. The van der Waals surface area contributed by atoms with Gasteiger partial charge in [-0.1, -0.05) is 26.8 Å². The minimum Gasteiger partial charge on any atom is -0.465 e. The predicted molar refractivity (Wildman–Crippen MR) is 89.3 cm³/mol. The highest BCUT2D eigenvalue weighted by atomic mass is 19.4. The molecule has 2 heterocycles. The molecule has 1 aromatic rings. The van der Waals surface area contributed by atoms with Gasteiger partial charge in [0.1, 0.15) is 17.8 Å². The lowest BCUT2D eigenvalue weighted by molar-refractivity contribution is -0.535. The first-order chi connectivity index (χ1) is 12.4. The highest BCUT2D eigenvalue weighted by Gasteiger charge is 2.59. The molecular weight excluding hydrogens is 367 g/mol. The van der Waals surface area contributed by atoms with Gasteiger partial charge in [-0.2, -0.15) is 13.2 Å². The zero-order chi connectivity index (χ0) is 20.6. The van der Waals surface area contributed by atoms with Crippen molar-refractivity contribution < 1.29 is 27.6 Å². The van der Waals surface area contributed by atoms with E-state index in [1.165, 1.54) is 6.07 Å². The van der Waals surface area contributed by atoms with E-state index >= 15 is 0 Å². The fourth-order valence-corrected chi connectivity index (χ4v) is 3.69. The number of pyridine rings is 1. The summed E-state index contributed by atoms with van der Waals surface area (Å²) in [5, 5.41) is 14.6. The minimum absolute atomic E-state index is 0.0579. The van der Waals surface area contributed by atoms with E-state index in [4.69, 9.17) is 4.74 Å². The van der Waals surface area contributed by atoms with E-state index in [0.29, 0.717) is 0 Å². The molecule has 0 saturated carbocycles. The standard InChI is InChI=1S/C17H22F3N3O4/c1-5-27-15(24)12-10(16(2,3)4)13(23(25)26)11(22-12)9-7-6-8-21-14(9)17(18,19)20/h6-8,10-13,22H,5H2,1-4H3/t10-,11+,12+,13+/m1/s1. The van der Waals surface area contributed by atoms with Crippen LogP contribution in [-0.2, 0) is 15.7 Å². The van der Waals surface area contributed by atoms with Gasteiger partial charge in [-0.15, -0.1) is 0 Å². The lowest BCUT2D eigenvalue weighted by Gasteiger charge is -2.31. The van der Waals surface area contributed by atoms with E-state index in [2.05, 4.69) is 10.3 Å². The molecule has 0 amide bonds. The van der Waals surface area contributed by atoms with Crippen LogP contribution in [0.3, 0.4) is 0 Å². The Kier molecular flexibility index (Phi) is 5.79. The molecule has 7 nitrogen and oxygen atoms in total. The predicted octanol–water partition coefficient (Wildman–Crippen LogP) is 2.98. The smallest absolute Gasteiger partial charge is 0.433 e. The number of nitro groups is 1. The van der Waals surface area contributed by atoms with Crippen LogP contribution in [0.15, 0.2) is 18.3 Å². The van der Waals surface area contributed by atoms with Crippen LogP contribution >= 0.6 is 0 Å². The third-order valence-corrected chi connectivity index (χ3v) is 4.65. The molecule has 0 unspecified atom stereocenters. The molecule has 0 radical (unpaired) electrons. The maximum absolute atomic E-state index is 13.4. The number of carbonyl (C=O) groups is 1. The molecule has 10 heteroatoms. The maximum atomic E-state index is 13.4. The third kappa shape index (κ3) is 4.20. The van der Waals surface area contributed by atoms with Gasteiger partial charge >= 0.3 is 12.1 Å². The van der Waals surface area contributed by atoms with Gasteiger partial charge in [-0.3, -0.25) is 25.2 Å². The van der Waals surface area contributed by atoms with E-state index in [1.54, 1.807) is 27.7 Å². The highest BCUT2D eigenvalue weighted by molar-refractivity contribution is 5.77. The van der Waals surface area contributed by atoms with Crippen LogP contribution in [0.4, 0.5) is 13.2 Å². The van der Waals surface area contributed by atoms with Gasteiger partial charge in [0.15, 0.2) is 0 Å². The Morgan fingerprint density at radius 3 is 2.48 bits per heavy atom. The number of nitrogens with zero attached hydrogens (tertiary/aromatic N) is 2. The first kappa shape index (κ1) is 21.1. The Labute approximate surface area is 154 Å². The Morgan fingerprint density at radius 2 is 2.00 bits per heavy atom. The van der Waals surface area contributed by atoms with Crippen molar-refractivity contribution in [1.29, 1.82) is 0 Å². The molecule has 0 spiro atoms. The van der Waals surface area contributed by atoms with Crippen LogP contribution in [0.1, 0.15) is 45.0 Å². The van der Waals surface area contributed by atoms with Crippen molar-refractivity contribution in [3.05, 3.63) is 39.7 Å². The number of hydrogen-bond donors (Lipinski definition) is 1. The molecule has 1 aliphatic heterocycles. The lowest BCUT2D eigenvalue weighted by Crippen LogP contribution is -2.45. The van der Waals surface area contributed by atoms with Gasteiger partial charge < -0.3 is 4.74 Å². The van der Waals surface area contributed by atoms with Gasteiger partial charge in [0.05, 0.1) is 12.5 Å². The number of alkyl halides is 3. The van der Waals surface area contributed by atoms with Crippen LogP contribution in [0.25, 0.3) is 0 Å². The number of nitrogens with one attached hydrogen (secondary N) is 1. The van der Waals surface area contributed by atoms with Crippen molar-refractivity contribution in [2.75, 3.05) is 6.61 Å². The van der Waals surface area contributed by atoms with Crippen LogP contribution in [0.2, 0.25) is 0 Å². The third-order valence-electron chi connectivity index (χ3n) is 4.65. The van der Waals surface area contributed by atoms with Crippen LogP contribution < -0.4 is 5.32 Å². The summed E-state index contributed by atoms with van der Waals surface area (Å²) in [7, 11) is 0. The second-order valence-corrected chi connectivity index (χ2v) is 7.48. The Hall–Kier alpha value is -2.23. The zero-order valence-corrected chi connectivity index (χ0v) is 15.4. The van der Waals surface area contributed by atoms with E-state index < -0.39 is 52.2 Å². The number of hydrogen-bond acceptors (Lipinski definition) is 6. The summed E-state index contributed by atoms with van der Waals surface area (Å²) in [4.78, 5) is 27.0. The monoisotopic (exact) mass is 389 g/mol. The average molecular weight is 389 g/mol. The largest absolute Gasteiger partial charge is 0.465 e. The maximum Gasteiger partial charge on any atom is 0.433 e. The van der Waals surface area contributed by atoms with E-state index in [-0.39, 0.29) is 12.2 Å². The number of aromatic nitrogens is 1. The molecule has 0 aromatic carbocycles. The van der Waals surface area contributed by atoms with Crippen LogP contribution in [0, 0.1) is 21.4 Å². The van der Waals surface area contributed by atoms with Crippen molar-refractivity contribution in [3.8, 4) is 0 Å². The Balaban J connectivity index is 2.60.